The summed E-state index contributed by atoms with van der Waals surface area (Å²) in [6.07, 6.45) is 0.769. The van der Waals surface area contributed by atoms with Gasteiger partial charge in [0.15, 0.2) is 5.82 Å². The van der Waals surface area contributed by atoms with E-state index < -0.39 is 0 Å². The van der Waals surface area contributed by atoms with E-state index in [1.165, 1.54) is 5.56 Å². The molecule has 0 atom stereocenters. The lowest BCUT2D eigenvalue weighted by Crippen LogP contribution is -2.25. The van der Waals surface area contributed by atoms with Crippen LogP contribution in [0.25, 0.3) is 0 Å². The molecular formula is C12H16N4. The zero-order valence-electron chi connectivity index (χ0n) is 9.88. The average molecular weight is 216 g/mol. The molecule has 0 aliphatic carbocycles. The Bertz CT molecular complexity index is 453. The minimum Gasteiger partial charge on any atom is -0.224 e. The van der Waals surface area contributed by atoms with E-state index in [1.807, 2.05) is 22.9 Å². The SMILES string of the molecule is CC(C)(C)n1nnnc1Cc1ccccc1. The highest BCUT2D eigenvalue weighted by Crippen LogP contribution is 2.15. The van der Waals surface area contributed by atoms with Crippen LogP contribution in [0.3, 0.4) is 0 Å². The molecule has 2 rings (SSSR count). The Morgan fingerprint density at radius 2 is 1.81 bits per heavy atom. The van der Waals surface area contributed by atoms with Crippen molar-refractivity contribution in [2.45, 2.75) is 32.7 Å². The molecule has 0 bridgehead atoms. The summed E-state index contributed by atoms with van der Waals surface area (Å²) in [5, 5.41) is 11.9. The maximum atomic E-state index is 4.08. The normalized spacial score (nSPS) is 11.7. The van der Waals surface area contributed by atoms with Crippen molar-refractivity contribution in [1.82, 2.24) is 20.2 Å². The van der Waals surface area contributed by atoms with Gasteiger partial charge in [-0.15, -0.1) is 5.10 Å². The second-order valence-electron chi connectivity index (χ2n) is 4.84. The molecule has 4 nitrogen and oxygen atoms in total. The molecule has 1 aromatic carbocycles. The topological polar surface area (TPSA) is 43.6 Å². The standard InChI is InChI=1S/C12H16N4/c1-12(2,3)16-11(13-14-15-16)9-10-7-5-4-6-8-10/h4-8H,9H2,1-3H3. The summed E-state index contributed by atoms with van der Waals surface area (Å²) in [5.74, 6) is 0.902. The van der Waals surface area contributed by atoms with Gasteiger partial charge in [-0.3, -0.25) is 0 Å². The predicted molar refractivity (Wildman–Crippen MR) is 62.1 cm³/mol. The first kappa shape index (κ1) is 10.8. The molecule has 0 saturated carbocycles. The Morgan fingerprint density at radius 1 is 1.12 bits per heavy atom. The minimum absolute atomic E-state index is 0.0758. The predicted octanol–water partition coefficient (Wildman–Crippen LogP) is 2.02. The van der Waals surface area contributed by atoms with Crippen LogP contribution < -0.4 is 0 Å². The van der Waals surface area contributed by atoms with E-state index in [9.17, 15) is 0 Å². The van der Waals surface area contributed by atoms with Crippen LogP contribution in [-0.4, -0.2) is 20.2 Å². The number of tetrazole rings is 1. The van der Waals surface area contributed by atoms with Gasteiger partial charge >= 0.3 is 0 Å². The summed E-state index contributed by atoms with van der Waals surface area (Å²) >= 11 is 0. The molecule has 16 heavy (non-hydrogen) atoms. The quantitative estimate of drug-likeness (QED) is 0.771. The lowest BCUT2D eigenvalue weighted by atomic mass is 10.1. The summed E-state index contributed by atoms with van der Waals surface area (Å²) < 4.78 is 1.88. The van der Waals surface area contributed by atoms with E-state index in [2.05, 4.69) is 48.4 Å². The maximum absolute atomic E-state index is 4.08. The second-order valence-corrected chi connectivity index (χ2v) is 4.84. The van der Waals surface area contributed by atoms with Crippen LogP contribution in [-0.2, 0) is 12.0 Å². The summed E-state index contributed by atoms with van der Waals surface area (Å²) in [5.41, 5.74) is 1.15. The molecule has 0 spiro atoms. The molecule has 0 saturated heterocycles. The molecule has 0 aliphatic heterocycles. The number of benzene rings is 1. The minimum atomic E-state index is -0.0758. The van der Waals surface area contributed by atoms with Crippen molar-refractivity contribution in [2.24, 2.45) is 0 Å². The summed E-state index contributed by atoms with van der Waals surface area (Å²) in [4.78, 5) is 0. The van der Waals surface area contributed by atoms with Crippen molar-refractivity contribution in [2.75, 3.05) is 0 Å². The van der Waals surface area contributed by atoms with Crippen LogP contribution in [0.1, 0.15) is 32.2 Å². The van der Waals surface area contributed by atoms with Crippen molar-refractivity contribution >= 4 is 0 Å². The molecule has 0 fully saturated rings. The molecule has 4 heteroatoms. The largest absolute Gasteiger partial charge is 0.224 e. The van der Waals surface area contributed by atoms with Crippen molar-refractivity contribution in [3.05, 3.63) is 41.7 Å². The first-order valence-corrected chi connectivity index (χ1v) is 5.39. The third kappa shape index (κ3) is 2.27. The fourth-order valence-corrected chi connectivity index (χ4v) is 1.62. The maximum Gasteiger partial charge on any atom is 0.156 e. The van der Waals surface area contributed by atoms with Gasteiger partial charge in [0.05, 0.1) is 5.54 Å². The molecule has 84 valence electrons. The zero-order valence-corrected chi connectivity index (χ0v) is 9.88. The Balaban J connectivity index is 2.26. The first-order chi connectivity index (χ1) is 7.57. The van der Waals surface area contributed by atoms with Gasteiger partial charge in [0, 0.05) is 6.42 Å². The lowest BCUT2D eigenvalue weighted by molar-refractivity contribution is 0.337. The summed E-state index contributed by atoms with van der Waals surface area (Å²) in [6, 6.07) is 10.2. The number of aromatic nitrogens is 4. The number of hydrogen-bond donors (Lipinski definition) is 0. The summed E-state index contributed by atoms with van der Waals surface area (Å²) in [6.45, 7) is 6.29. The van der Waals surface area contributed by atoms with Crippen molar-refractivity contribution in [3.63, 3.8) is 0 Å². The zero-order chi connectivity index (χ0) is 11.6. The molecule has 0 amide bonds. The third-order valence-electron chi connectivity index (χ3n) is 2.37. The van der Waals surface area contributed by atoms with Crippen LogP contribution in [0.5, 0.6) is 0 Å². The van der Waals surface area contributed by atoms with Gasteiger partial charge in [0.2, 0.25) is 0 Å². The van der Waals surface area contributed by atoms with Gasteiger partial charge < -0.3 is 0 Å². The Labute approximate surface area is 95.3 Å². The van der Waals surface area contributed by atoms with Crippen LogP contribution >= 0.6 is 0 Å². The van der Waals surface area contributed by atoms with Crippen molar-refractivity contribution < 1.29 is 0 Å². The third-order valence-corrected chi connectivity index (χ3v) is 2.37. The molecule has 2 aromatic rings. The second kappa shape index (κ2) is 4.04. The molecule has 1 heterocycles. The van der Waals surface area contributed by atoms with Gasteiger partial charge in [-0.1, -0.05) is 30.3 Å². The molecule has 0 aliphatic rings. The van der Waals surface area contributed by atoms with Crippen LogP contribution in [0, 0.1) is 0 Å². The fraction of sp³-hybridized carbons (Fsp3) is 0.417. The number of rotatable bonds is 2. The molecule has 0 radical (unpaired) electrons. The first-order valence-electron chi connectivity index (χ1n) is 5.39. The Hall–Kier alpha value is -1.71. The van der Waals surface area contributed by atoms with E-state index in [1.54, 1.807) is 0 Å². The van der Waals surface area contributed by atoms with Crippen LogP contribution in [0.15, 0.2) is 30.3 Å². The van der Waals surface area contributed by atoms with E-state index >= 15 is 0 Å². The van der Waals surface area contributed by atoms with E-state index in [0.29, 0.717) is 0 Å². The monoisotopic (exact) mass is 216 g/mol. The summed E-state index contributed by atoms with van der Waals surface area (Å²) in [7, 11) is 0. The highest BCUT2D eigenvalue weighted by atomic mass is 15.6. The fourth-order valence-electron chi connectivity index (χ4n) is 1.62. The van der Waals surface area contributed by atoms with Gasteiger partial charge in [0.25, 0.3) is 0 Å². The molecule has 1 aromatic heterocycles. The molecule has 0 N–H and O–H groups in total. The number of nitrogens with zero attached hydrogens (tertiary/aromatic N) is 4. The van der Waals surface area contributed by atoms with Crippen LogP contribution in [0.2, 0.25) is 0 Å². The highest BCUT2D eigenvalue weighted by molar-refractivity contribution is 5.18. The smallest absolute Gasteiger partial charge is 0.156 e. The van der Waals surface area contributed by atoms with E-state index in [0.717, 1.165) is 12.2 Å². The Morgan fingerprint density at radius 3 is 2.44 bits per heavy atom. The van der Waals surface area contributed by atoms with Crippen LogP contribution in [0.4, 0.5) is 0 Å². The lowest BCUT2D eigenvalue weighted by Gasteiger charge is -2.19. The molecular weight excluding hydrogens is 200 g/mol. The van der Waals surface area contributed by atoms with E-state index in [-0.39, 0.29) is 5.54 Å². The average Bonchev–Trinajstić information content (AvgIpc) is 2.67. The van der Waals surface area contributed by atoms with Gasteiger partial charge in [-0.25, -0.2) is 4.68 Å². The Kier molecular flexibility index (Phi) is 2.73. The van der Waals surface area contributed by atoms with E-state index in [4.69, 9.17) is 0 Å². The molecule has 0 unspecified atom stereocenters. The van der Waals surface area contributed by atoms with Crippen molar-refractivity contribution in [3.8, 4) is 0 Å². The van der Waals surface area contributed by atoms with Crippen molar-refractivity contribution in [1.29, 1.82) is 0 Å². The van der Waals surface area contributed by atoms with Gasteiger partial charge in [-0.2, -0.15) is 0 Å². The van der Waals surface area contributed by atoms with Gasteiger partial charge in [0.1, 0.15) is 0 Å². The van der Waals surface area contributed by atoms with Gasteiger partial charge in [-0.05, 0) is 36.8 Å². The number of hydrogen-bond acceptors (Lipinski definition) is 3. The highest BCUT2D eigenvalue weighted by Gasteiger charge is 2.19.